The quantitative estimate of drug-likeness (QED) is 0.717. The average Bonchev–Trinajstić information content (AvgIpc) is 3.35. The molecule has 0 N–H and O–H groups in total. The fourth-order valence-corrected chi connectivity index (χ4v) is 6.92. The number of fused-ring (bicyclic) bond motifs is 9. The predicted octanol–water partition coefficient (Wildman–Crippen LogP) is 4.02. The van der Waals surface area contributed by atoms with Gasteiger partial charge in [-0.2, -0.15) is 0 Å². The Morgan fingerprint density at radius 3 is 2.69 bits per heavy atom. The highest BCUT2D eigenvalue weighted by Gasteiger charge is 2.68. The molecular formula is C23H27NO2. The summed E-state index contributed by atoms with van der Waals surface area (Å²) in [6.07, 6.45) is 10.5. The van der Waals surface area contributed by atoms with E-state index >= 15 is 0 Å². The van der Waals surface area contributed by atoms with Crippen molar-refractivity contribution in [3.63, 3.8) is 0 Å². The maximum atomic E-state index is 13.7. The molecule has 0 unspecified atom stereocenters. The van der Waals surface area contributed by atoms with Gasteiger partial charge in [0.1, 0.15) is 0 Å². The molecule has 3 aliphatic carbocycles. The Kier molecular flexibility index (Phi) is 3.10. The summed E-state index contributed by atoms with van der Waals surface area (Å²) >= 11 is 0. The van der Waals surface area contributed by atoms with Crippen LogP contribution in [0, 0.1) is 36.5 Å². The maximum absolute atomic E-state index is 13.7. The van der Waals surface area contributed by atoms with E-state index in [2.05, 4.69) is 48.2 Å². The van der Waals surface area contributed by atoms with Crippen LogP contribution in [0.5, 0.6) is 0 Å². The molecule has 5 aliphatic rings. The zero-order chi connectivity index (χ0) is 17.5. The Morgan fingerprint density at radius 2 is 1.85 bits per heavy atom. The summed E-state index contributed by atoms with van der Waals surface area (Å²) in [5, 5.41) is 0. The van der Waals surface area contributed by atoms with Crippen LogP contribution in [0.25, 0.3) is 0 Å². The molecule has 2 saturated carbocycles. The average molecular weight is 349 g/mol. The van der Waals surface area contributed by atoms with Gasteiger partial charge in [0.15, 0.2) is 5.72 Å². The van der Waals surface area contributed by atoms with Gasteiger partial charge in [-0.25, -0.2) is 0 Å². The highest BCUT2D eigenvalue weighted by Crippen LogP contribution is 2.61. The van der Waals surface area contributed by atoms with E-state index in [1.54, 1.807) is 0 Å². The molecule has 26 heavy (non-hydrogen) atoms. The number of nitrogens with zero attached hydrogens (tertiary/aromatic N) is 1. The zero-order valence-corrected chi connectivity index (χ0v) is 15.4. The van der Waals surface area contributed by atoms with Gasteiger partial charge in [0.25, 0.3) is 0 Å². The van der Waals surface area contributed by atoms with Gasteiger partial charge in [0, 0.05) is 29.4 Å². The lowest BCUT2D eigenvalue weighted by atomic mass is 9.73. The van der Waals surface area contributed by atoms with E-state index in [9.17, 15) is 4.79 Å². The summed E-state index contributed by atoms with van der Waals surface area (Å²) in [5.74, 6) is 2.49. The largest absolute Gasteiger partial charge is 0.350 e. The normalized spacial score (nSPS) is 45.6. The van der Waals surface area contributed by atoms with Crippen LogP contribution in [-0.2, 0) is 15.3 Å². The molecule has 6 rings (SSSR count). The molecule has 2 heterocycles. The summed E-state index contributed by atoms with van der Waals surface area (Å²) in [6.45, 7) is 2.93. The van der Waals surface area contributed by atoms with Crippen molar-refractivity contribution in [3.8, 4) is 0 Å². The molecule has 0 spiro atoms. The van der Waals surface area contributed by atoms with E-state index < -0.39 is 5.72 Å². The Balaban J connectivity index is 1.53. The molecule has 0 aromatic heterocycles. The van der Waals surface area contributed by atoms with Crippen LogP contribution in [0.2, 0.25) is 0 Å². The van der Waals surface area contributed by atoms with Crippen molar-refractivity contribution in [1.29, 1.82) is 0 Å². The molecule has 2 bridgehead atoms. The first-order chi connectivity index (χ1) is 12.7. The molecule has 136 valence electrons. The highest BCUT2D eigenvalue weighted by atomic mass is 16.5. The van der Waals surface area contributed by atoms with Crippen molar-refractivity contribution >= 4 is 5.91 Å². The highest BCUT2D eigenvalue weighted by molar-refractivity contribution is 5.84. The second-order valence-electron chi connectivity index (χ2n) is 9.18. The van der Waals surface area contributed by atoms with Gasteiger partial charge < -0.3 is 9.64 Å². The standard InChI is InChI=1S/C23H27NO2/c1-14-6-10-17(11-7-14)23-20-5-3-2-4-18(20)22(25)24(23)21-16-9-8-15(12-16)19(21)13-26-23/h6-11,15-16,18-21H,2-5,12-13H2,1H3/t15-,16+,18-,19-,20-,21+,23+/m1/s1. The minimum atomic E-state index is -0.518. The molecule has 3 heteroatoms. The minimum absolute atomic E-state index is 0.159. The van der Waals surface area contributed by atoms with Gasteiger partial charge >= 0.3 is 0 Å². The first-order valence-electron chi connectivity index (χ1n) is 10.4. The molecule has 1 amide bonds. The number of carbonyl (C=O) groups excluding carboxylic acids is 1. The van der Waals surface area contributed by atoms with E-state index in [0.717, 1.165) is 19.4 Å². The zero-order valence-electron chi connectivity index (χ0n) is 15.4. The molecule has 2 aliphatic heterocycles. The molecule has 0 radical (unpaired) electrons. The number of rotatable bonds is 1. The van der Waals surface area contributed by atoms with Gasteiger partial charge in [-0.15, -0.1) is 0 Å². The van der Waals surface area contributed by atoms with Crippen LogP contribution in [0.15, 0.2) is 36.4 Å². The topological polar surface area (TPSA) is 29.5 Å². The lowest BCUT2D eigenvalue weighted by Crippen LogP contribution is -2.61. The lowest BCUT2D eigenvalue weighted by Gasteiger charge is -2.53. The number of amides is 1. The molecule has 1 aromatic rings. The summed E-state index contributed by atoms with van der Waals surface area (Å²) in [4.78, 5) is 15.9. The lowest BCUT2D eigenvalue weighted by molar-refractivity contribution is -0.237. The van der Waals surface area contributed by atoms with Crippen LogP contribution in [0.3, 0.4) is 0 Å². The molecule has 4 fully saturated rings. The second kappa shape index (κ2) is 5.22. The number of hydrogen-bond acceptors (Lipinski definition) is 2. The van der Waals surface area contributed by atoms with E-state index in [4.69, 9.17) is 4.74 Å². The first kappa shape index (κ1) is 15.4. The third-order valence-electron chi connectivity index (χ3n) is 8.02. The first-order valence-corrected chi connectivity index (χ1v) is 10.4. The van der Waals surface area contributed by atoms with Crippen LogP contribution in [0.1, 0.15) is 43.2 Å². The van der Waals surface area contributed by atoms with E-state index in [0.29, 0.717) is 35.6 Å². The van der Waals surface area contributed by atoms with E-state index in [1.165, 1.54) is 30.4 Å². The van der Waals surface area contributed by atoms with E-state index in [-0.39, 0.29) is 5.92 Å². The van der Waals surface area contributed by atoms with Crippen molar-refractivity contribution in [2.75, 3.05) is 6.61 Å². The number of ether oxygens (including phenoxy) is 1. The fourth-order valence-electron chi connectivity index (χ4n) is 6.92. The van der Waals surface area contributed by atoms with Crippen molar-refractivity contribution in [1.82, 2.24) is 4.90 Å². The van der Waals surface area contributed by atoms with Gasteiger partial charge in [0.2, 0.25) is 5.91 Å². The molecule has 1 aromatic carbocycles. The Hall–Kier alpha value is -1.61. The number of carbonyl (C=O) groups is 1. The second-order valence-corrected chi connectivity index (χ2v) is 9.18. The Bertz CT molecular complexity index is 784. The number of benzene rings is 1. The summed E-state index contributed by atoms with van der Waals surface area (Å²) < 4.78 is 6.79. The van der Waals surface area contributed by atoms with Crippen molar-refractivity contribution < 1.29 is 9.53 Å². The van der Waals surface area contributed by atoms with Gasteiger partial charge in [0.05, 0.1) is 6.61 Å². The summed E-state index contributed by atoms with van der Waals surface area (Å²) in [7, 11) is 0. The predicted molar refractivity (Wildman–Crippen MR) is 99.1 cm³/mol. The number of aryl methyl sites for hydroxylation is 1. The van der Waals surface area contributed by atoms with Gasteiger partial charge in [-0.05, 0) is 38.0 Å². The Morgan fingerprint density at radius 1 is 1.08 bits per heavy atom. The summed E-state index contributed by atoms with van der Waals surface area (Å²) in [5.41, 5.74) is 1.95. The van der Waals surface area contributed by atoms with Crippen LogP contribution < -0.4 is 0 Å². The van der Waals surface area contributed by atoms with E-state index in [1.807, 2.05) is 0 Å². The van der Waals surface area contributed by atoms with Gasteiger partial charge in [-0.1, -0.05) is 54.8 Å². The van der Waals surface area contributed by atoms with Crippen LogP contribution in [0.4, 0.5) is 0 Å². The molecule has 2 saturated heterocycles. The molecule has 3 nitrogen and oxygen atoms in total. The maximum Gasteiger partial charge on any atom is 0.228 e. The number of allylic oxidation sites excluding steroid dienone is 1. The van der Waals surface area contributed by atoms with Crippen molar-refractivity contribution in [2.45, 2.75) is 50.8 Å². The molecule has 7 atom stereocenters. The monoisotopic (exact) mass is 349 g/mol. The van der Waals surface area contributed by atoms with Crippen LogP contribution in [-0.4, -0.2) is 23.5 Å². The summed E-state index contributed by atoms with van der Waals surface area (Å²) in [6, 6.07) is 9.14. The van der Waals surface area contributed by atoms with Gasteiger partial charge in [-0.3, -0.25) is 4.79 Å². The third kappa shape index (κ3) is 1.76. The smallest absolute Gasteiger partial charge is 0.228 e. The minimum Gasteiger partial charge on any atom is -0.350 e. The van der Waals surface area contributed by atoms with Crippen molar-refractivity contribution in [2.24, 2.45) is 29.6 Å². The SMILES string of the molecule is Cc1ccc([C@@]23OC[C@H]4[C@H]([C@H]5C=C[C@@H]4C5)N2C(=O)[C@@H]2CCCC[C@H]23)cc1. The van der Waals surface area contributed by atoms with Crippen LogP contribution >= 0.6 is 0 Å². The number of hydrogen-bond donors (Lipinski definition) is 0. The third-order valence-corrected chi connectivity index (χ3v) is 8.02. The Labute approximate surface area is 155 Å². The van der Waals surface area contributed by atoms with Crippen molar-refractivity contribution in [3.05, 3.63) is 47.5 Å². The fraction of sp³-hybridized carbons (Fsp3) is 0.609. The molecular weight excluding hydrogens is 322 g/mol.